The molecule has 28 heavy (non-hydrogen) atoms. The second kappa shape index (κ2) is 8.14. The molecule has 0 saturated carbocycles. The Morgan fingerprint density at radius 1 is 1.11 bits per heavy atom. The summed E-state index contributed by atoms with van der Waals surface area (Å²) in [6.07, 6.45) is 3.26. The predicted molar refractivity (Wildman–Crippen MR) is 108 cm³/mol. The van der Waals surface area contributed by atoms with Crippen LogP contribution in [0.4, 0.5) is 5.69 Å². The Hall–Kier alpha value is -2.67. The maximum Gasteiger partial charge on any atom is 0.251 e. The molecule has 1 fully saturated rings. The van der Waals surface area contributed by atoms with Gasteiger partial charge in [-0.05, 0) is 54.8 Å². The van der Waals surface area contributed by atoms with Gasteiger partial charge in [-0.1, -0.05) is 19.1 Å². The molecular weight excluding hydrogens is 376 g/mol. The van der Waals surface area contributed by atoms with Crippen molar-refractivity contribution < 1.29 is 18.0 Å². The highest BCUT2D eigenvalue weighted by molar-refractivity contribution is 7.90. The average molecular weight is 401 g/mol. The molecule has 1 heterocycles. The largest absolute Gasteiger partial charge is 0.345 e. The lowest BCUT2D eigenvalue weighted by molar-refractivity contribution is -0.117. The fraction of sp³-hybridized carbons (Fsp3) is 0.333. The van der Waals surface area contributed by atoms with E-state index in [0.717, 1.165) is 17.7 Å². The normalized spacial score (nSPS) is 15.5. The van der Waals surface area contributed by atoms with Gasteiger partial charge >= 0.3 is 0 Å². The Balaban J connectivity index is 1.70. The van der Waals surface area contributed by atoms with Gasteiger partial charge in [0.1, 0.15) is 0 Å². The van der Waals surface area contributed by atoms with E-state index in [9.17, 15) is 18.0 Å². The first kappa shape index (κ1) is 20.1. The zero-order chi connectivity index (χ0) is 20.3. The van der Waals surface area contributed by atoms with Crippen LogP contribution in [0.15, 0.2) is 53.4 Å². The summed E-state index contributed by atoms with van der Waals surface area (Å²) < 4.78 is 23.2. The van der Waals surface area contributed by atoms with Gasteiger partial charge in [-0.3, -0.25) is 9.59 Å². The number of nitrogens with one attached hydrogen (secondary N) is 1. The van der Waals surface area contributed by atoms with Crippen molar-refractivity contribution >= 4 is 27.3 Å². The smallest absolute Gasteiger partial charge is 0.251 e. The highest BCUT2D eigenvalue weighted by Crippen LogP contribution is 2.23. The SMILES string of the molecule is CC[C@H](NC(=O)c1ccc(N2CCCC2=O)cc1)c1ccc(S(C)(=O)=O)cc1. The summed E-state index contributed by atoms with van der Waals surface area (Å²) in [4.78, 5) is 26.4. The molecule has 2 aromatic carbocycles. The third-order valence-electron chi connectivity index (χ3n) is 4.94. The third-order valence-corrected chi connectivity index (χ3v) is 6.07. The van der Waals surface area contributed by atoms with E-state index in [0.29, 0.717) is 24.9 Å². The van der Waals surface area contributed by atoms with Crippen molar-refractivity contribution in [1.29, 1.82) is 0 Å². The van der Waals surface area contributed by atoms with Crippen LogP contribution in [0.3, 0.4) is 0 Å². The van der Waals surface area contributed by atoms with Crippen LogP contribution in [-0.2, 0) is 14.6 Å². The first-order valence-corrected chi connectivity index (χ1v) is 11.2. The van der Waals surface area contributed by atoms with Gasteiger partial charge in [-0.25, -0.2) is 8.42 Å². The van der Waals surface area contributed by atoms with Crippen molar-refractivity contribution in [3.8, 4) is 0 Å². The molecule has 148 valence electrons. The minimum Gasteiger partial charge on any atom is -0.345 e. The van der Waals surface area contributed by atoms with E-state index in [2.05, 4.69) is 5.32 Å². The number of hydrogen-bond acceptors (Lipinski definition) is 4. The molecule has 2 amide bonds. The lowest BCUT2D eigenvalue weighted by atomic mass is 10.0. The Bertz CT molecular complexity index is 966. The van der Waals surface area contributed by atoms with Crippen LogP contribution in [0.1, 0.15) is 48.1 Å². The van der Waals surface area contributed by atoms with Gasteiger partial charge in [0, 0.05) is 30.5 Å². The molecule has 0 spiro atoms. The zero-order valence-electron chi connectivity index (χ0n) is 16.0. The number of sulfone groups is 1. The van der Waals surface area contributed by atoms with Crippen molar-refractivity contribution in [2.24, 2.45) is 0 Å². The number of carbonyl (C=O) groups is 2. The molecule has 0 radical (unpaired) electrons. The number of rotatable bonds is 6. The van der Waals surface area contributed by atoms with Gasteiger partial charge in [0.05, 0.1) is 10.9 Å². The van der Waals surface area contributed by atoms with E-state index < -0.39 is 9.84 Å². The monoisotopic (exact) mass is 400 g/mol. The van der Waals surface area contributed by atoms with Crippen molar-refractivity contribution in [2.75, 3.05) is 17.7 Å². The molecule has 1 aliphatic heterocycles. The Morgan fingerprint density at radius 2 is 1.75 bits per heavy atom. The van der Waals surface area contributed by atoms with E-state index in [1.165, 1.54) is 6.26 Å². The lowest BCUT2D eigenvalue weighted by Crippen LogP contribution is -2.28. The van der Waals surface area contributed by atoms with Crippen LogP contribution in [0.5, 0.6) is 0 Å². The molecule has 0 unspecified atom stereocenters. The number of benzene rings is 2. The lowest BCUT2D eigenvalue weighted by Gasteiger charge is -2.19. The van der Waals surface area contributed by atoms with Gasteiger partial charge in [-0.2, -0.15) is 0 Å². The van der Waals surface area contributed by atoms with E-state index in [1.807, 2.05) is 6.92 Å². The summed E-state index contributed by atoms with van der Waals surface area (Å²) in [6.45, 7) is 2.67. The molecule has 0 aliphatic carbocycles. The maximum atomic E-state index is 12.6. The van der Waals surface area contributed by atoms with Crippen molar-refractivity contribution in [1.82, 2.24) is 5.32 Å². The molecule has 0 aromatic heterocycles. The quantitative estimate of drug-likeness (QED) is 0.808. The Morgan fingerprint density at radius 3 is 2.25 bits per heavy atom. The number of carbonyl (C=O) groups excluding carboxylic acids is 2. The van der Waals surface area contributed by atoms with Crippen LogP contribution in [0.25, 0.3) is 0 Å². The highest BCUT2D eigenvalue weighted by Gasteiger charge is 2.22. The zero-order valence-corrected chi connectivity index (χ0v) is 16.8. The summed E-state index contributed by atoms with van der Waals surface area (Å²) in [5.74, 6) is -0.0980. The minimum atomic E-state index is -3.25. The molecular formula is C21H24N2O4S. The molecule has 1 atom stereocenters. The van der Waals surface area contributed by atoms with Crippen LogP contribution >= 0.6 is 0 Å². The molecule has 1 N–H and O–H groups in total. The summed E-state index contributed by atoms with van der Waals surface area (Å²) in [5.41, 5.74) is 2.17. The van der Waals surface area contributed by atoms with Crippen LogP contribution in [-0.4, -0.2) is 33.0 Å². The van der Waals surface area contributed by atoms with Crippen LogP contribution in [0.2, 0.25) is 0 Å². The Kier molecular flexibility index (Phi) is 5.84. The fourth-order valence-electron chi connectivity index (χ4n) is 3.32. The average Bonchev–Trinajstić information content (AvgIpc) is 3.11. The van der Waals surface area contributed by atoms with Crippen LogP contribution < -0.4 is 10.2 Å². The number of nitrogens with zero attached hydrogens (tertiary/aromatic N) is 1. The number of amides is 2. The van der Waals surface area contributed by atoms with Gasteiger partial charge in [0.2, 0.25) is 5.91 Å². The van der Waals surface area contributed by atoms with Gasteiger partial charge in [0.15, 0.2) is 9.84 Å². The third kappa shape index (κ3) is 4.42. The number of anilines is 1. The second-order valence-corrected chi connectivity index (χ2v) is 8.99. The Labute approximate surface area is 165 Å². The van der Waals surface area contributed by atoms with E-state index in [1.54, 1.807) is 53.4 Å². The molecule has 0 bridgehead atoms. The van der Waals surface area contributed by atoms with Crippen LogP contribution in [0, 0.1) is 0 Å². The summed E-state index contributed by atoms with van der Waals surface area (Å²) >= 11 is 0. The summed E-state index contributed by atoms with van der Waals surface area (Å²) in [7, 11) is -3.25. The fourth-order valence-corrected chi connectivity index (χ4v) is 3.95. The van der Waals surface area contributed by atoms with E-state index in [-0.39, 0.29) is 22.8 Å². The molecule has 1 saturated heterocycles. The van der Waals surface area contributed by atoms with E-state index >= 15 is 0 Å². The van der Waals surface area contributed by atoms with Crippen molar-refractivity contribution in [2.45, 2.75) is 37.1 Å². The molecule has 1 aliphatic rings. The van der Waals surface area contributed by atoms with Gasteiger partial charge < -0.3 is 10.2 Å². The molecule has 7 heteroatoms. The van der Waals surface area contributed by atoms with Gasteiger partial charge in [-0.15, -0.1) is 0 Å². The van der Waals surface area contributed by atoms with Gasteiger partial charge in [0.25, 0.3) is 5.91 Å². The summed E-state index contributed by atoms with van der Waals surface area (Å²) in [6, 6.07) is 13.4. The first-order valence-electron chi connectivity index (χ1n) is 9.31. The summed E-state index contributed by atoms with van der Waals surface area (Å²) in [5, 5.41) is 2.99. The second-order valence-electron chi connectivity index (χ2n) is 6.97. The predicted octanol–water partition coefficient (Wildman–Crippen LogP) is 3.10. The van der Waals surface area contributed by atoms with Crippen molar-refractivity contribution in [3.05, 3.63) is 59.7 Å². The number of hydrogen-bond donors (Lipinski definition) is 1. The topological polar surface area (TPSA) is 83.6 Å². The molecule has 2 aromatic rings. The highest BCUT2D eigenvalue weighted by atomic mass is 32.2. The molecule has 3 rings (SSSR count). The van der Waals surface area contributed by atoms with E-state index in [4.69, 9.17) is 0 Å². The minimum absolute atomic E-state index is 0.112. The first-order chi connectivity index (χ1) is 13.3. The maximum absolute atomic E-state index is 12.6. The van der Waals surface area contributed by atoms with Crippen molar-refractivity contribution in [3.63, 3.8) is 0 Å². The molecule has 6 nitrogen and oxygen atoms in total. The standard InChI is InChI=1S/C21H24N2O4S/c1-3-19(15-8-12-18(13-9-15)28(2,26)27)22-21(25)16-6-10-17(11-7-16)23-14-4-5-20(23)24/h6-13,19H,3-5,14H2,1-2H3,(H,22,25)/t19-/m0/s1.